The molecule has 160 valence electrons. The summed E-state index contributed by atoms with van der Waals surface area (Å²) in [6.07, 6.45) is 6.96. The lowest BCUT2D eigenvalue weighted by Crippen LogP contribution is -2.31. The highest BCUT2D eigenvalue weighted by Crippen LogP contribution is 2.21. The van der Waals surface area contributed by atoms with Gasteiger partial charge in [-0.1, -0.05) is 54.3 Å². The fraction of sp³-hybridized carbons (Fsp3) is 0.375. The molecule has 3 rings (SSSR count). The van der Waals surface area contributed by atoms with Crippen molar-refractivity contribution >= 4 is 22.1 Å². The van der Waals surface area contributed by atoms with E-state index in [0.717, 1.165) is 47.9 Å². The Kier molecular flexibility index (Phi) is 7.45. The van der Waals surface area contributed by atoms with Gasteiger partial charge in [-0.15, -0.1) is 0 Å². The Morgan fingerprint density at radius 3 is 2.17 bits per heavy atom. The first-order valence-corrected chi connectivity index (χ1v) is 11.8. The summed E-state index contributed by atoms with van der Waals surface area (Å²) >= 11 is 0. The number of rotatable bonds is 6. The second-order valence-electron chi connectivity index (χ2n) is 7.82. The SMILES string of the molecule is Cc1cc(C)cc(COC(=O)C=Cc2ccc(S(=O)(=O)N3CCCCCC3)cc2)c1. The first kappa shape index (κ1) is 22.2. The number of aryl methyl sites for hydroxylation is 2. The van der Waals surface area contributed by atoms with E-state index in [4.69, 9.17) is 4.74 Å². The quantitative estimate of drug-likeness (QED) is 0.498. The zero-order valence-electron chi connectivity index (χ0n) is 17.6. The molecule has 1 aliphatic rings. The van der Waals surface area contributed by atoms with Crippen LogP contribution in [0.25, 0.3) is 6.08 Å². The van der Waals surface area contributed by atoms with Gasteiger partial charge >= 0.3 is 5.97 Å². The molecule has 1 fully saturated rings. The molecule has 0 radical (unpaired) electrons. The van der Waals surface area contributed by atoms with E-state index < -0.39 is 16.0 Å². The van der Waals surface area contributed by atoms with Crippen molar-refractivity contribution < 1.29 is 17.9 Å². The molecule has 0 aliphatic carbocycles. The average Bonchev–Trinajstić information content (AvgIpc) is 3.00. The molecular formula is C24H29NO4S. The van der Waals surface area contributed by atoms with Gasteiger partial charge < -0.3 is 4.74 Å². The molecule has 2 aromatic carbocycles. The van der Waals surface area contributed by atoms with E-state index in [9.17, 15) is 13.2 Å². The lowest BCUT2D eigenvalue weighted by atomic mass is 10.1. The van der Waals surface area contributed by atoms with Gasteiger partial charge in [0.05, 0.1) is 4.90 Å². The molecule has 0 aromatic heterocycles. The number of hydrogen-bond acceptors (Lipinski definition) is 4. The standard InChI is InChI=1S/C24H29NO4S/c1-19-15-20(2)17-22(16-19)18-29-24(26)12-9-21-7-10-23(11-8-21)30(27,28)25-13-5-3-4-6-14-25/h7-12,15-17H,3-6,13-14,18H2,1-2H3. The van der Waals surface area contributed by atoms with Crippen molar-refractivity contribution in [2.45, 2.75) is 51.0 Å². The molecule has 0 amide bonds. The van der Waals surface area contributed by atoms with Crippen molar-refractivity contribution in [1.82, 2.24) is 4.31 Å². The number of nitrogens with zero attached hydrogens (tertiary/aromatic N) is 1. The number of sulfonamides is 1. The van der Waals surface area contributed by atoms with Crippen LogP contribution in [0.3, 0.4) is 0 Å². The van der Waals surface area contributed by atoms with E-state index >= 15 is 0 Å². The normalized spacial score (nSPS) is 15.8. The Hall–Kier alpha value is -2.44. The van der Waals surface area contributed by atoms with Gasteiger partial charge in [0, 0.05) is 19.2 Å². The van der Waals surface area contributed by atoms with Gasteiger partial charge in [-0.05, 0) is 56.0 Å². The largest absolute Gasteiger partial charge is 0.458 e. The van der Waals surface area contributed by atoms with Crippen LogP contribution in [0.5, 0.6) is 0 Å². The molecule has 0 saturated carbocycles. The van der Waals surface area contributed by atoms with Crippen molar-refractivity contribution in [3.05, 3.63) is 70.8 Å². The second-order valence-corrected chi connectivity index (χ2v) is 9.76. The summed E-state index contributed by atoms with van der Waals surface area (Å²) in [5.41, 5.74) is 3.96. The van der Waals surface area contributed by atoms with Gasteiger partial charge in [-0.2, -0.15) is 4.31 Å². The average molecular weight is 428 g/mol. The Morgan fingerprint density at radius 2 is 1.57 bits per heavy atom. The fourth-order valence-corrected chi connectivity index (χ4v) is 5.22. The molecule has 6 heteroatoms. The zero-order chi connectivity index (χ0) is 21.6. The van der Waals surface area contributed by atoms with Gasteiger partial charge in [0.2, 0.25) is 10.0 Å². The third-order valence-electron chi connectivity index (χ3n) is 5.16. The number of ether oxygens (including phenoxy) is 1. The molecule has 0 atom stereocenters. The van der Waals surface area contributed by atoms with Crippen LogP contribution in [0, 0.1) is 13.8 Å². The highest BCUT2D eigenvalue weighted by molar-refractivity contribution is 7.89. The van der Waals surface area contributed by atoms with Crippen LogP contribution in [0.2, 0.25) is 0 Å². The van der Waals surface area contributed by atoms with E-state index in [2.05, 4.69) is 6.07 Å². The first-order chi connectivity index (χ1) is 14.3. The molecule has 0 bridgehead atoms. The van der Waals surface area contributed by atoms with Crippen LogP contribution in [0.1, 0.15) is 47.9 Å². The monoisotopic (exact) mass is 427 g/mol. The summed E-state index contributed by atoms with van der Waals surface area (Å²) in [5.74, 6) is -0.435. The maximum Gasteiger partial charge on any atom is 0.331 e. The summed E-state index contributed by atoms with van der Waals surface area (Å²) in [4.78, 5) is 12.3. The zero-order valence-corrected chi connectivity index (χ0v) is 18.5. The van der Waals surface area contributed by atoms with Gasteiger partial charge in [0.15, 0.2) is 0 Å². The third kappa shape index (κ3) is 6.03. The Balaban J connectivity index is 1.59. The van der Waals surface area contributed by atoms with Crippen molar-refractivity contribution in [2.24, 2.45) is 0 Å². The molecule has 0 spiro atoms. The lowest BCUT2D eigenvalue weighted by molar-refractivity contribution is -0.138. The lowest BCUT2D eigenvalue weighted by Gasteiger charge is -2.19. The summed E-state index contributed by atoms with van der Waals surface area (Å²) in [6.45, 7) is 5.40. The fourth-order valence-electron chi connectivity index (χ4n) is 3.70. The van der Waals surface area contributed by atoms with Crippen LogP contribution < -0.4 is 0 Å². The Labute approximate surface area is 179 Å². The van der Waals surface area contributed by atoms with E-state index in [0.29, 0.717) is 18.0 Å². The minimum Gasteiger partial charge on any atom is -0.458 e. The molecule has 5 nitrogen and oxygen atoms in total. The minimum absolute atomic E-state index is 0.221. The molecular weight excluding hydrogens is 398 g/mol. The van der Waals surface area contributed by atoms with Crippen molar-refractivity contribution in [1.29, 1.82) is 0 Å². The number of hydrogen-bond donors (Lipinski definition) is 0. The van der Waals surface area contributed by atoms with Crippen molar-refractivity contribution in [2.75, 3.05) is 13.1 Å². The van der Waals surface area contributed by atoms with Crippen LogP contribution in [0.4, 0.5) is 0 Å². The summed E-state index contributed by atoms with van der Waals surface area (Å²) < 4.78 is 32.5. The molecule has 2 aromatic rings. The van der Waals surface area contributed by atoms with Crippen molar-refractivity contribution in [3.63, 3.8) is 0 Å². The number of esters is 1. The third-order valence-corrected chi connectivity index (χ3v) is 7.07. The van der Waals surface area contributed by atoms with Gasteiger partial charge in [-0.25, -0.2) is 13.2 Å². The van der Waals surface area contributed by atoms with E-state index in [1.807, 2.05) is 26.0 Å². The van der Waals surface area contributed by atoms with Crippen molar-refractivity contribution in [3.8, 4) is 0 Å². The number of benzene rings is 2. The topological polar surface area (TPSA) is 63.7 Å². The summed E-state index contributed by atoms with van der Waals surface area (Å²) in [7, 11) is -3.46. The second kappa shape index (κ2) is 10.0. The molecule has 30 heavy (non-hydrogen) atoms. The predicted octanol–water partition coefficient (Wildman–Crippen LogP) is 4.62. The summed E-state index contributed by atoms with van der Waals surface area (Å²) in [6, 6.07) is 12.7. The van der Waals surface area contributed by atoms with E-state index in [-0.39, 0.29) is 6.61 Å². The predicted molar refractivity (Wildman–Crippen MR) is 118 cm³/mol. The molecule has 1 saturated heterocycles. The molecule has 0 N–H and O–H groups in total. The van der Waals surface area contributed by atoms with Gasteiger partial charge in [-0.3, -0.25) is 0 Å². The maximum atomic E-state index is 12.8. The van der Waals surface area contributed by atoms with Gasteiger partial charge in [0.25, 0.3) is 0 Å². The highest BCUT2D eigenvalue weighted by atomic mass is 32.2. The molecule has 0 unspecified atom stereocenters. The van der Waals surface area contributed by atoms with Crippen LogP contribution >= 0.6 is 0 Å². The van der Waals surface area contributed by atoms with Crippen LogP contribution in [0.15, 0.2) is 53.4 Å². The van der Waals surface area contributed by atoms with Crippen LogP contribution in [-0.2, 0) is 26.2 Å². The molecule has 1 heterocycles. The van der Waals surface area contributed by atoms with E-state index in [1.165, 1.54) is 6.08 Å². The summed E-state index contributed by atoms with van der Waals surface area (Å²) in [5, 5.41) is 0. The maximum absolute atomic E-state index is 12.8. The number of carbonyl (C=O) groups is 1. The van der Waals surface area contributed by atoms with E-state index in [1.54, 1.807) is 34.6 Å². The minimum atomic E-state index is -3.46. The smallest absolute Gasteiger partial charge is 0.331 e. The van der Waals surface area contributed by atoms with Gasteiger partial charge in [0.1, 0.15) is 6.61 Å². The molecule has 1 aliphatic heterocycles. The first-order valence-electron chi connectivity index (χ1n) is 10.4. The Morgan fingerprint density at radius 1 is 0.967 bits per heavy atom. The Bertz CT molecular complexity index is 982. The van der Waals surface area contributed by atoms with Crippen LogP contribution in [-0.4, -0.2) is 31.8 Å². The highest BCUT2D eigenvalue weighted by Gasteiger charge is 2.24. The number of carbonyl (C=O) groups excluding carboxylic acids is 1.